The van der Waals surface area contributed by atoms with Crippen LogP contribution < -0.4 is 0 Å². The molecule has 0 aromatic rings. The average Bonchev–Trinajstić information content (AvgIpc) is 2.27. The number of hydrogen-bond donors (Lipinski definition) is 0. The van der Waals surface area contributed by atoms with Crippen molar-refractivity contribution in [2.75, 3.05) is 34.5 Å². The largest absolute Gasteiger partial charge is 0.0941 e. The molecule has 0 unspecified atom stereocenters. The fourth-order valence-electron chi connectivity index (χ4n) is 0.884. The maximum Gasteiger partial charge on any atom is 0.00450 e. The van der Waals surface area contributed by atoms with Crippen molar-refractivity contribution >= 4 is 64.8 Å². The molecule has 0 aromatic carbocycles. The minimum atomic E-state index is 1.33. The topological polar surface area (TPSA) is 0 Å². The van der Waals surface area contributed by atoms with Crippen molar-refractivity contribution in [2.45, 2.75) is 19.3 Å². The highest BCUT2D eigenvalue weighted by atomic mass is 33.1. The second-order valence-electron chi connectivity index (χ2n) is 2.99. The zero-order valence-corrected chi connectivity index (χ0v) is 13.7. The van der Waals surface area contributed by atoms with E-state index in [4.69, 9.17) is 0 Å². The highest BCUT2D eigenvalue weighted by molar-refractivity contribution is 8.77. The Hall–Kier alpha value is 2.10. The molecular weight excluding hydrogens is 301 g/mol. The third-order valence-corrected chi connectivity index (χ3v) is 9.35. The maximum atomic E-state index is 2.06. The first-order valence-corrected chi connectivity index (χ1v) is 12.7. The standard InChI is InChI=1S/C9H18S6/c1-4-10-12-6-2-8-14-15-9-3-7-13-11-5-1/h1-9H2. The second-order valence-corrected chi connectivity index (χ2v) is 11.1. The molecule has 1 rings (SSSR count). The van der Waals surface area contributed by atoms with Crippen LogP contribution in [-0.4, -0.2) is 34.5 Å². The average molecular weight is 319 g/mol. The van der Waals surface area contributed by atoms with Crippen LogP contribution in [0.4, 0.5) is 0 Å². The molecule has 1 fully saturated rings. The lowest BCUT2D eigenvalue weighted by atomic mass is 10.6. The molecule has 0 aliphatic carbocycles. The SMILES string of the molecule is C1CSSCCCSSCCCSSC1. The predicted molar refractivity (Wildman–Crippen MR) is 88.6 cm³/mol. The first-order chi connectivity index (χ1) is 7.50. The van der Waals surface area contributed by atoms with Crippen LogP contribution >= 0.6 is 64.8 Å². The van der Waals surface area contributed by atoms with Crippen LogP contribution in [0.15, 0.2) is 0 Å². The van der Waals surface area contributed by atoms with Gasteiger partial charge in [-0.05, 0) is 19.3 Å². The summed E-state index contributed by atoms with van der Waals surface area (Å²) >= 11 is 0. The first kappa shape index (κ1) is 15.2. The Labute approximate surface area is 118 Å². The van der Waals surface area contributed by atoms with Crippen LogP contribution in [0.1, 0.15) is 19.3 Å². The normalized spacial score (nSPS) is 24.0. The predicted octanol–water partition coefficient (Wildman–Crippen LogP) is 5.31. The van der Waals surface area contributed by atoms with Crippen molar-refractivity contribution in [3.05, 3.63) is 0 Å². The minimum absolute atomic E-state index is 1.33. The van der Waals surface area contributed by atoms with E-state index in [1.807, 2.05) is 0 Å². The zero-order valence-electron chi connectivity index (χ0n) is 8.81. The monoisotopic (exact) mass is 318 g/mol. The summed E-state index contributed by atoms with van der Waals surface area (Å²) in [7, 11) is 12.4. The van der Waals surface area contributed by atoms with Crippen LogP contribution in [-0.2, 0) is 0 Å². The van der Waals surface area contributed by atoms with E-state index in [9.17, 15) is 0 Å². The zero-order chi connectivity index (χ0) is 10.6. The van der Waals surface area contributed by atoms with Crippen molar-refractivity contribution in [1.82, 2.24) is 0 Å². The highest BCUT2D eigenvalue weighted by Crippen LogP contribution is 2.30. The van der Waals surface area contributed by atoms with Gasteiger partial charge in [0, 0.05) is 34.5 Å². The first-order valence-electron chi connectivity index (χ1n) is 5.23. The van der Waals surface area contributed by atoms with Crippen LogP contribution in [0.3, 0.4) is 0 Å². The molecule has 0 aromatic heterocycles. The third kappa shape index (κ3) is 10.9. The highest BCUT2D eigenvalue weighted by Gasteiger charge is 1.97. The van der Waals surface area contributed by atoms with E-state index in [-0.39, 0.29) is 0 Å². The second kappa shape index (κ2) is 12.6. The Morgan fingerprint density at radius 3 is 0.733 bits per heavy atom. The molecule has 1 heterocycles. The van der Waals surface area contributed by atoms with Gasteiger partial charge in [-0.3, -0.25) is 0 Å². The smallest absolute Gasteiger partial charge is 0.00450 e. The third-order valence-electron chi connectivity index (χ3n) is 1.62. The van der Waals surface area contributed by atoms with E-state index in [0.29, 0.717) is 0 Å². The van der Waals surface area contributed by atoms with Crippen molar-refractivity contribution < 1.29 is 0 Å². The molecule has 0 saturated carbocycles. The molecule has 15 heavy (non-hydrogen) atoms. The van der Waals surface area contributed by atoms with Crippen LogP contribution in [0.25, 0.3) is 0 Å². The number of rotatable bonds is 0. The summed E-state index contributed by atoms with van der Waals surface area (Å²) in [5.41, 5.74) is 0. The van der Waals surface area contributed by atoms with Crippen molar-refractivity contribution in [1.29, 1.82) is 0 Å². The lowest BCUT2D eigenvalue weighted by Crippen LogP contribution is -1.82. The summed E-state index contributed by atoms with van der Waals surface area (Å²) in [6, 6.07) is 0. The van der Waals surface area contributed by atoms with E-state index in [1.165, 1.54) is 53.8 Å². The van der Waals surface area contributed by atoms with Gasteiger partial charge >= 0.3 is 0 Å². The molecule has 6 heteroatoms. The summed E-state index contributed by atoms with van der Waals surface area (Å²) in [6.07, 6.45) is 4.12. The lowest BCUT2D eigenvalue weighted by molar-refractivity contribution is 1.13. The Bertz CT molecular complexity index is 73.2. The van der Waals surface area contributed by atoms with Crippen molar-refractivity contribution in [2.24, 2.45) is 0 Å². The Kier molecular flexibility index (Phi) is 12.7. The van der Waals surface area contributed by atoms with Gasteiger partial charge in [0.15, 0.2) is 0 Å². The van der Waals surface area contributed by atoms with Crippen LogP contribution in [0, 0.1) is 0 Å². The summed E-state index contributed by atoms with van der Waals surface area (Å²) in [5.74, 6) is 8.00. The molecule has 90 valence electrons. The van der Waals surface area contributed by atoms with Crippen molar-refractivity contribution in [3.63, 3.8) is 0 Å². The molecule has 1 aliphatic rings. The van der Waals surface area contributed by atoms with Crippen LogP contribution in [0.2, 0.25) is 0 Å². The molecule has 0 bridgehead atoms. The minimum Gasteiger partial charge on any atom is -0.0941 e. The molecule has 0 amide bonds. The molecule has 0 nitrogen and oxygen atoms in total. The van der Waals surface area contributed by atoms with Gasteiger partial charge in [-0.2, -0.15) is 0 Å². The van der Waals surface area contributed by atoms with Gasteiger partial charge < -0.3 is 0 Å². The quantitative estimate of drug-likeness (QED) is 0.551. The summed E-state index contributed by atoms with van der Waals surface area (Å²) in [4.78, 5) is 0. The van der Waals surface area contributed by atoms with E-state index >= 15 is 0 Å². The Morgan fingerprint density at radius 1 is 0.333 bits per heavy atom. The Balaban J connectivity index is 2.01. The van der Waals surface area contributed by atoms with E-state index in [1.54, 1.807) is 0 Å². The fraction of sp³-hybridized carbons (Fsp3) is 1.00. The summed E-state index contributed by atoms with van der Waals surface area (Å²) < 4.78 is 0. The molecule has 1 saturated heterocycles. The molecule has 0 radical (unpaired) electrons. The van der Waals surface area contributed by atoms with Gasteiger partial charge in [-0.1, -0.05) is 64.8 Å². The maximum absolute atomic E-state index is 2.06. The molecule has 0 atom stereocenters. The molecule has 1 aliphatic heterocycles. The molecular formula is C9H18S6. The van der Waals surface area contributed by atoms with E-state index < -0.39 is 0 Å². The number of hydrogen-bond acceptors (Lipinski definition) is 6. The molecule has 0 N–H and O–H groups in total. The van der Waals surface area contributed by atoms with E-state index in [0.717, 1.165) is 0 Å². The molecule has 0 spiro atoms. The van der Waals surface area contributed by atoms with Gasteiger partial charge in [-0.15, -0.1) is 0 Å². The summed E-state index contributed by atoms with van der Waals surface area (Å²) in [5, 5.41) is 0. The van der Waals surface area contributed by atoms with Crippen LogP contribution in [0.5, 0.6) is 0 Å². The van der Waals surface area contributed by atoms with Gasteiger partial charge in [0.1, 0.15) is 0 Å². The van der Waals surface area contributed by atoms with Gasteiger partial charge in [0.25, 0.3) is 0 Å². The van der Waals surface area contributed by atoms with Gasteiger partial charge in [0.2, 0.25) is 0 Å². The Morgan fingerprint density at radius 2 is 0.533 bits per heavy atom. The van der Waals surface area contributed by atoms with Gasteiger partial charge in [-0.25, -0.2) is 0 Å². The van der Waals surface area contributed by atoms with E-state index in [2.05, 4.69) is 64.8 Å². The van der Waals surface area contributed by atoms with Crippen molar-refractivity contribution in [3.8, 4) is 0 Å². The summed E-state index contributed by atoms with van der Waals surface area (Å²) in [6.45, 7) is 0. The lowest BCUT2D eigenvalue weighted by Gasteiger charge is -2.00. The fourth-order valence-corrected chi connectivity index (χ4v) is 7.95. The van der Waals surface area contributed by atoms with Gasteiger partial charge in [0.05, 0.1) is 0 Å².